The van der Waals surface area contributed by atoms with Crippen molar-refractivity contribution in [1.29, 1.82) is 0 Å². The smallest absolute Gasteiger partial charge is 0.289 e. The molecule has 1 saturated heterocycles. The molecule has 0 saturated carbocycles. The van der Waals surface area contributed by atoms with Crippen molar-refractivity contribution in [1.82, 2.24) is 15.1 Å². The number of aliphatic imine (C=N–C) groups is 1. The Bertz CT molecular complexity index is 787. The molecule has 0 unspecified atom stereocenters. The van der Waals surface area contributed by atoms with Gasteiger partial charge in [-0.25, -0.2) is 0 Å². The summed E-state index contributed by atoms with van der Waals surface area (Å²) in [7, 11) is 1.69. The monoisotopic (exact) mass is 512 g/mol. The highest BCUT2D eigenvalue weighted by atomic mass is 127. The third-order valence-electron chi connectivity index (χ3n) is 4.77. The van der Waals surface area contributed by atoms with Crippen molar-refractivity contribution in [2.45, 2.75) is 13.3 Å². The minimum atomic E-state index is -0.0530. The van der Waals surface area contributed by atoms with Crippen LogP contribution < -0.4 is 10.1 Å². The van der Waals surface area contributed by atoms with E-state index < -0.39 is 0 Å². The Morgan fingerprint density at radius 1 is 1.14 bits per heavy atom. The molecule has 2 heterocycles. The molecule has 0 spiro atoms. The van der Waals surface area contributed by atoms with Gasteiger partial charge < -0.3 is 24.3 Å². The molecule has 2 aromatic rings. The molecule has 0 atom stereocenters. The number of guanidine groups is 1. The van der Waals surface area contributed by atoms with Crippen LogP contribution in [-0.4, -0.2) is 68.0 Å². The molecule has 1 N–H and O–H groups in total. The normalized spacial score (nSPS) is 14.3. The van der Waals surface area contributed by atoms with Gasteiger partial charge in [0.1, 0.15) is 5.75 Å². The van der Waals surface area contributed by atoms with Crippen LogP contribution >= 0.6 is 24.0 Å². The third-order valence-corrected chi connectivity index (χ3v) is 4.77. The molecule has 1 aliphatic heterocycles. The fourth-order valence-electron chi connectivity index (χ4n) is 3.30. The zero-order valence-corrected chi connectivity index (χ0v) is 19.3. The summed E-state index contributed by atoms with van der Waals surface area (Å²) in [4.78, 5) is 21.2. The number of hydrogen-bond donors (Lipinski definition) is 1. The number of nitrogens with one attached hydrogen (secondary N) is 1. The van der Waals surface area contributed by atoms with E-state index in [0.717, 1.165) is 43.3 Å². The van der Waals surface area contributed by atoms with Gasteiger partial charge in [-0.2, -0.15) is 0 Å². The molecular formula is C21H29IN4O3. The molecule has 3 rings (SSSR count). The van der Waals surface area contributed by atoms with Gasteiger partial charge in [0.05, 0.1) is 13.4 Å². The summed E-state index contributed by atoms with van der Waals surface area (Å²) in [5, 5.41) is 3.36. The van der Waals surface area contributed by atoms with Crippen LogP contribution in [0.25, 0.3) is 0 Å². The van der Waals surface area contributed by atoms with Crippen LogP contribution in [0, 0.1) is 0 Å². The maximum atomic E-state index is 12.4. The molecule has 29 heavy (non-hydrogen) atoms. The van der Waals surface area contributed by atoms with E-state index in [4.69, 9.17) is 14.1 Å². The predicted molar refractivity (Wildman–Crippen MR) is 124 cm³/mol. The minimum Gasteiger partial charge on any atom is -0.496 e. The molecule has 0 bridgehead atoms. The van der Waals surface area contributed by atoms with Crippen LogP contribution in [0.15, 0.2) is 52.1 Å². The Morgan fingerprint density at radius 3 is 2.52 bits per heavy atom. The number of benzene rings is 1. The van der Waals surface area contributed by atoms with Crippen LogP contribution in [-0.2, 0) is 6.42 Å². The number of carbonyl (C=O) groups is 1. The van der Waals surface area contributed by atoms with Crippen LogP contribution in [0.1, 0.15) is 23.0 Å². The first-order valence-electron chi connectivity index (χ1n) is 9.71. The summed E-state index contributed by atoms with van der Waals surface area (Å²) in [5.41, 5.74) is 1.15. The highest BCUT2D eigenvalue weighted by molar-refractivity contribution is 14.0. The quantitative estimate of drug-likeness (QED) is 0.366. The van der Waals surface area contributed by atoms with Gasteiger partial charge in [-0.3, -0.25) is 9.79 Å². The van der Waals surface area contributed by atoms with Crippen molar-refractivity contribution >= 4 is 35.8 Å². The molecular weight excluding hydrogens is 483 g/mol. The summed E-state index contributed by atoms with van der Waals surface area (Å²) < 4.78 is 10.6. The van der Waals surface area contributed by atoms with Crippen LogP contribution in [0.3, 0.4) is 0 Å². The average Bonchev–Trinajstić information content (AvgIpc) is 3.28. The maximum Gasteiger partial charge on any atom is 0.289 e. The Hall–Kier alpha value is -2.23. The fourth-order valence-corrected chi connectivity index (χ4v) is 3.30. The number of methoxy groups -OCH3 is 1. The lowest BCUT2D eigenvalue weighted by atomic mass is 10.1. The second kappa shape index (κ2) is 11.7. The molecule has 1 aliphatic rings. The highest BCUT2D eigenvalue weighted by Crippen LogP contribution is 2.17. The van der Waals surface area contributed by atoms with Crippen LogP contribution in [0.5, 0.6) is 5.75 Å². The van der Waals surface area contributed by atoms with E-state index in [2.05, 4.69) is 23.2 Å². The number of carbonyl (C=O) groups excluding carboxylic acids is 1. The first-order chi connectivity index (χ1) is 13.7. The Labute approximate surface area is 189 Å². The van der Waals surface area contributed by atoms with Crippen LogP contribution in [0.4, 0.5) is 0 Å². The number of amides is 1. The van der Waals surface area contributed by atoms with Crippen molar-refractivity contribution in [2.75, 3.05) is 46.4 Å². The van der Waals surface area contributed by atoms with Gasteiger partial charge in [-0.1, -0.05) is 18.2 Å². The molecule has 0 radical (unpaired) electrons. The number of para-hydroxylation sites is 1. The maximum absolute atomic E-state index is 12.4. The largest absolute Gasteiger partial charge is 0.496 e. The summed E-state index contributed by atoms with van der Waals surface area (Å²) in [6.45, 7) is 6.33. The zero-order valence-electron chi connectivity index (χ0n) is 17.0. The topological polar surface area (TPSA) is 70.3 Å². The second-order valence-corrected chi connectivity index (χ2v) is 6.55. The van der Waals surface area contributed by atoms with Crippen molar-refractivity contribution < 1.29 is 13.9 Å². The lowest BCUT2D eigenvalue weighted by Crippen LogP contribution is -2.53. The SMILES string of the molecule is CCNC(=NCCc1ccccc1OC)N1CCN(C(=O)c2ccco2)CC1.I. The molecule has 1 aromatic carbocycles. The van der Waals surface area contributed by atoms with E-state index in [0.29, 0.717) is 25.4 Å². The molecule has 8 heteroatoms. The van der Waals surface area contributed by atoms with E-state index in [1.165, 1.54) is 6.26 Å². The number of nitrogens with zero attached hydrogens (tertiary/aromatic N) is 3. The highest BCUT2D eigenvalue weighted by Gasteiger charge is 2.25. The fraction of sp³-hybridized carbons (Fsp3) is 0.429. The van der Waals surface area contributed by atoms with Crippen molar-refractivity contribution in [3.63, 3.8) is 0 Å². The summed E-state index contributed by atoms with van der Waals surface area (Å²) in [6, 6.07) is 11.5. The van der Waals surface area contributed by atoms with E-state index in [1.807, 2.05) is 23.1 Å². The van der Waals surface area contributed by atoms with Crippen molar-refractivity contribution in [3.8, 4) is 5.75 Å². The van der Waals surface area contributed by atoms with Gasteiger partial charge in [0.2, 0.25) is 0 Å². The van der Waals surface area contributed by atoms with Gasteiger partial charge >= 0.3 is 0 Å². The van der Waals surface area contributed by atoms with E-state index in [-0.39, 0.29) is 29.9 Å². The third kappa shape index (κ3) is 6.12. The van der Waals surface area contributed by atoms with E-state index in [9.17, 15) is 4.79 Å². The zero-order chi connectivity index (χ0) is 19.8. The van der Waals surface area contributed by atoms with Gasteiger partial charge in [0.15, 0.2) is 11.7 Å². The molecule has 7 nitrogen and oxygen atoms in total. The van der Waals surface area contributed by atoms with Gasteiger partial charge in [-0.15, -0.1) is 24.0 Å². The Morgan fingerprint density at radius 2 is 1.86 bits per heavy atom. The first kappa shape index (κ1) is 23.1. The Balaban J connectivity index is 0.00000300. The summed E-state index contributed by atoms with van der Waals surface area (Å²) in [6.07, 6.45) is 2.34. The minimum absolute atomic E-state index is 0. The van der Waals surface area contributed by atoms with E-state index in [1.54, 1.807) is 19.2 Å². The number of piperazine rings is 1. The number of ether oxygens (including phenoxy) is 1. The Kier molecular flexibility index (Phi) is 9.30. The summed E-state index contributed by atoms with van der Waals surface area (Å²) >= 11 is 0. The molecule has 1 fully saturated rings. The van der Waals surface area contributed by atoms with Gasteiger partial charge in [-0.05, 0) is 37.1 Å². The molecule has 158 valence electrons. The number of hydrogen-bond acceptors (Lipinski definition) is 4. The van der Waals surface area contributed by atoms with Crippen LogP contribution in [0.2, 0.25) is 0 Å². The lowest BCUT2D eigenvalue weighted by molar-refractivity contribution is 0.0657. The number of halogens is 1. The second-order valence-electron chi connectivity index (χ2n) is 6.55. The molecule has 1 amide bonds. The first-order valence-corrected chi connectivity index (χ1v) is 9.71. The molecule has 1 aromatic heterocycles. The van der Waals surface area contributed by atoms with Crippen molar-refractivity contribution in [3.05, 3.63) is 54.0 Å². The summed E-state index contributed by atoms with van der Waals surface area (Å²) in [5.74, 6) is 2.13. The predicted octanol–water partition coefficient (Wildman–Crippen LogP) is 2.87. The molecule has 0 aliphatic carbocycles. The van der Waals surface area contributed by atoms with Crippen molar-refractivity contribution in [2.24, 2.45) is 4.99 Å². The van der Waals surface area contributed by atoms with Gasteiger partial charge in [0, 0.05) is 39.3 Å². The lowest BCUT2D eigenvalue weighted by Gasteiger charge is -2.36. The number of rotatable bonds is 6. The van der Waals surface area contributed by atoms with E-state index >= 15 is 0 Å². The number of furan rings is 1. The van der Waals surface area contributed by atoms with Gasteiger partial charge in [0.25, 0.3) is 5.91 Å². The average molecular weight is 512 g/mol. The standard InChI is InChI=1S/C21H28N4O3.HI/c1-3-22-21(23-11-10-17-7-4-5-8-18(17)27-2)25-14-12-24(13-15-25)20(26)19-9-6-16-28-19;/h4-9,16H,3,10-15H2,1-2H3,(H,22,23);1H.